The Balaban J connectivity index is 0.00000192. The molecular weight excluding hydrogens is 347 g/mol. The van der Waals surface area contributed by atoms with Gasteiger partial charge in [-0.25, -0.2) is 4.98 Å². The molecule has 23 heavy (non-hydrogen) atoms. The van der Waals surface area contributed by atoms with Crippen molar-refractivity contribution in [2.75, 3.05) is 32.7 Å². The predicted molar refractivity (Wildman–Crippen MR) is 88.4 cm³/mol. The molecule has 0 radical (unpaired) electrons. The zero-order valence-electron chi connectivity index (χ0n) is 13.2. The quantitative estimate of drug-likeness (QED) is 0.879. The summed E-state index contributed by atoms with van der Waals surface area (Å²) in [6.45, 7) is 7.29. The van der Waals surface area contributed by atoms with Crippen molar-refractivity contribution in [1.82, 2.24) is 15.2 Å². The van der Waals surface area contributed by atoms with Gasteiger partial charge in [-0.05, 0) is 37.8 Å². The Morgan fingerprint density at radius 1 is 1.48 bits per heavy atom. The second kappa shape index (κ2) is 7.25. The zero-order chi connectivity index (χ0) is 15.8. The van der Waals surface area contributed by atoms with Crippen molar-refractivity contribution in [2.24, 2.45) is 5.41 Å². The number of piperidine rings is 1. The van der Waals surface area contributed by atoms with Crippen molar-refractivity contribution in [3.63, 3.8) is 0 Å². The van der Waals surface area contributed by atoms with Crippen molar-refractivity contribution in [1.29, 1.82) is 0 Å². The molecule has 2 unspecified atom stereocenters. The summed E-state index contributed by atoms with van der Waals surface area (Å²) in [5.41, 5.74) is -0.446. The van der Waals surface area contributed by atoms with Gasteiger partial charge < -0.3 is 10.2 Å². The highest BCUT2D eigenvalue weighted by Crippen LogP contribution is 2.36. The minimum Gasteiger partial charge on any atom is -0.316 e. The van der Waals surface area contributed by atoms with E-state index in [0.29, 0.717) is 10.4 Å². The van der Waals surface area contributed by atoms with Crippen molar-refractivity contribution in [2.45, 2.75) is 38.3 Å². The Bertz CT molecular complexity index is 514. The molecule has 0 aromatic carbocycles. The van der Waals surface area contributed by atoms with E-state index in [9.17, 15) is 13.2 Å². The normalized spacial score (nSPS) is 29.5. The summed E-state index contributed by atoms with van der Waals surface area (Å²) in [5.74, 6) is 0.146. The molecule has 2 saturated heterocycles. The number of halogens is 4. The van der Waals surface area contributed by atoms with Gasteiger partial charge in [-0.3, -0.25) is 0 Å². The van der Waals surface area contributed by atoms with Gasteiger partial charge in [0.2, 0.25) is 0 Å². The van der Waals surface area contributed by atoms with Crippen LogP contribution in [0.2, 0.25) is 0 Å². The van der Waals surface area contributed by atoms with Gasteiger partial charge in [0.05, 0.1) is 5.01 Å². The van der Waals surface area contributed by atoms with Crippen LogP contribution in [0.1, 0.15) is 42.8 Å². The molecule has 0 bridgehead atoms. The van der Waals surface area contributed by atoms with Crippen molar-refractivity contribution in [3.05, 3.63) is 16.1 Å². The Morgan fingerprint density at radius 2 is 2.26 bits per heavy atom. The van der Waals surface area contributed by atoms with E-state index in [2.05, 4.69) is 22.1 Å². The second-order valence-electron chi connectivity index (χ2n) is 6.88. The highest BCUT2D eigenvalue weighted by Gasteiger charge is 2.36. The molecule has 0 saturated carbocycles. The minimum atomic E-state index is -4.33. The Kier molecular flexibility index (Phi) is 5.98. The van der Waals surface area contributed by atoms with E-state index in [4.69, 9.17) is 0 Å². The first-order valence-corrected chi connectivity index (χ1v) is 8.69. The van der Waals surface area contributed by atoms with Crippen LogP contribution in [-0.2, 0) is 6.18 Å². The first kappa shape index (κ1) is 19.0. The van der Waals surface area contributed by atoms with Crippen LogP contribution in [0.3, 0.4) is 0 Å². The molecule has 8 heteroatoms. The third-order valence-corrected chi connectivity index (χ3v) is 5.74. The number of hydrogen-bond donors (Lipinski definition) is 1. The Labute approximate surface area is 145 Å². The van der Waals surface area contributed by atoms with Gasteiger partial charge in [0.15, 0.2) is 5.69 Å². The Morgan fingerprint density at radius 3 is 2.87 bits per heavy atom. The average molecular weight is 370 g/mol. The summed E-state index contributed by atoms with van der Waals surface area (Å²) in [6, 6.07) is 0. The maximum Gasteiger partial charge on any atom is 0.434 e. The van der Waals surface area contributed by atoms with Gasteiger partial charge in [0, 0.05) is 30.9 Å². The van der Waals surface area contributed by atoms with Crippen LogP contribution in [0.25, 0.3) is 0 Å². The third-order valence-electron chi connectivity index (χ3n) is 4.73. The van der Waals surface area contributed by atoms with E-state index in [1.54, 1.807) is 0 Å². The van der Waals surface area contributed by atoms with E-state index >= 15 is 0 Å². The highest BCUT2D eigenvalue weighted by molar-refractivity contribution is 7.09. The first-order valence-electron chi connectivity index (χ1n) is 7.81. The molecular formula is C15H23ClF3N3S. The summed E-state index contributed by atoms with van der Waals surface area (Å²) < 4.78 is 38.1. The lowest BCUT2D eigenvalue weighted by atomic mass is 9.87. The predicted octanol–water partition coefficient (Wildman–Crippen LogP) is 3.76. The molecule has 3 heterocycles. The fourth-order valence-corrected chi connectivity index (χ4v) is 4.50. The fourth-order valence-electron chi connectivity index (χ4n) is 3.55. The summed E-state index contributed by atoms with van der Waals surface area (Å²) in [5, 5.41) is 5.20. The van der Waals surface area contributed by atoms with Crippen LogP contribution in [0.5, 0.6) is 0 Å². The molecule has 0 spiro atoms. The Hall–Kier alpha value is -0.370. The molecule has 1 N–H and O–H groups in total. The largest absolute Gasteiger partial charge is 0.434 e. The molecule has 0 amide bonds. The molecule has 1 aromatic heterocycles. The van der Waals surface area contributed by atoms with Gasteiger partial charge in [-0.2, -0.15) is 13.2 Å². The standard InChI is InChI=1S/C15H22F3N3S.ClH/c1-14(4-5-19-9-14)10-21-6-2-3-11(7-21)13-20-12(8-22-13)15(16,17)18;/h8,11,19H,2-7,9-10H2,1H3;1H. The van der Waals surface area contributed by atoms with Crippen LogP contribution in [0.15, 0.2) is 5.38 Å². The smallest absolute Gasteiger partial charge is 0.316 e. The van der Waals surface area contributed by atoms with Crippen molar-refractivity contribution >= 4 is 23.7 Å². The van der Waals surface area contributed by atoms with E-state index in [1.807, 2.05) is 0 Å². The van der Waals surface area contributed by atoms with E-state index in [0.717, 1.165) is 62.3 Å². The number of likely N-dealkylation sites (tertiary alicyclic amines) is 1. The number of hydrogen-bond acceptors (Lipinski definition) is 4. The molecule has 0 aliphatic carbocycles. The molecule has 2 aliphatic rings. The highest BCUT2D eigenvalue weighted by atomic mass is 35.5. The SMILES string of the molecule is CC1(CN2CCCC(c3nc(C(F)(F)F)cs3)C2)CCNC1.Cl. The van der Waals surface area contributed by atoms with Crippen LogP contribution >= 0.6 is 23.7 Å². The van der Waals surface area contributed by atoms with Crippen molar-refractivity contribution in [3.8, 4) is 0 Å². The maximum atomic E-state index is 12.7. The van der Waals surface area contributed by atoms with Gasteiger partial charge in [-0.15, -0.1) is 23.7 Å². The van der Waals surface area contributed by atoms with E-state index in [1.165, 1.54) is 6.42 Å². The van der Waals surface area contributed by atoms with Crippen LogP contribution in [0, 0.1) is 5.41 Å². The lowest BCUT2D eigenvalue weighted by Crippen LogP contribution is -2.42. The fraction of sp³-hybridized carbons (Fsp3) is 0.800. The van der Waals surface area contributed by atoms with Crippen LogP contribution < -0.4 is 5.32 Å². The number of rotatable bonds is 3. The van der Waals surface area contributed by atoms with Crippen molar-refractivity contribution < 1.29 is 13.2 Å². The van der Waals surface area contributed by atoms with E-state index in [-0.39, 0.29) is 18.3 Å². The molecule has 2 atom stereocenters. The lowest BCUT2D eigenvalue weighted by Gasteiger charge is -2.37. The average Bonchev–Trinajstić information content (AvgIpc) is 3.07. The summed E-state index contributed by atoms with van der Waals surface area (Å²) in [4.78, 5) is 6.26. The summed E-state index contributed by atoms with van der Waals surface area (Å²) in [7, 11) is 0. The first-order chi connectivity index (χ1) is 10.4. The van der Waals surface area contributed by atoms with Gasteiger partial charge >= 0.3 is 6.18 Å². The number of alkyl halides is 3. The van der Waals surface area contributed by atoms with Crippen LogP contribution in [-0.4, -0.2) is 42.6 Å². The van der Waals surface area contributed by atoms with Gasteiger partial charge in [-0.1, -0.05) is 6.92 Å². The zero-order valence-corrected chi connectivity index (χ0v) is 14.8. The van der Waals surface area contributed by atoms with Crippen LogP contribution in [0.4, 0.5) is 13.2 Å². The molecule has 2 aliphatic heterocycles. The number of thiazole rings is 1. The minimum absolute atomic E-state index is 0. The molecule has 1 aromatic rings. The number of nitrogens with zero attached hydrogens (tertiary/aromatic N) is 2. The maximum absolute atomic E-state index is 12.7. The molecule has 2 fully saturated rings. The van der Waals surface area contributed by atoms with Gasteiger partial charge in [0.1, 0.15) is 0 Å². The molecule has 3 rings (SSSR count). The number of nitrogens with one attached hydrogen (secondary N) is 1. The summed E-state index contributed by atoms with van der Waals surface area (Å²) >= 11 is 1.16. The lowest BCUT2D eigenvalue weighted by molar-refractivity contribution is -0.140. The summed E-state index contributed by atoms with van der Waals surface area (Å²) in [6.07, 6.45) is -1.18. The van der Waals surface area contributed by atoms with Gasteiger partial charge in [0.25, 0.3) is 0 Å². The topological polar surface area (TPSA) is 28.2 Å². The molecule has 132 valence electrons. The number of aromatic nitrogens is 1. The monoisotopic (exact) mass is 369 g/mol. The second-order valence-corrected chi connectivity index (χ2v) is 7.77. The van der Waals surface area contributed by atoms with E-state index < -0.39 is 11.9 Å². The third kappa shape index (κ3) is 4.59. The molecule has 3 nitrogen and oxygen atoms in total.